The van der Waals surface area contributed by atoms with Crippen molar-refractivity contribution in [1.29, 1.82) is 0 Å². The van der Waals surface area contributed by atoms with Crippen LogP contribution in [-0.2, 0) is 22.9 Å². The first-order valence-electron chi connectivity index (χ1n) is 10.5. The Kier molecular flexibility index (Phi) is 5.15. The summed E-state index contributed by atoms with van der Waals surface area (Å²) in [6.07, 6.45) is 7.28. The van der Waals surface area contributed by atoms with Gasteiger partial charge in [-0.1, -0.05) is 12.1 Å². The molecule has 1 aliphatic heterocycles. The van der Waals surface area contributed by atoms with Crippen molar-refractivity contribution in [3.63, 3.8) is 0 Å². The summed E-state index contributed by atoms with van der Waals surface area (Å²) < 4.78 is 14.8. The summed E-state index contributed by atoms with van der Waals surface area (Å²) in [6.45, 7) is 0.923. The normalized spacial score (nSPS) is 25.4. The molecule has 2 aromatic heterocycles. The molecule has 0 bridgehead atoms. The van der Waals surface area contributed by atoms with Crippen molar-refractivity contribution >= 4 is 32.8 Å². The second-order valence-electron chi connectivity index (χ2n) is 8.86. The number of fused-ring (bicyclic) bond motifs is 2. The molecule has 0 spiro atoms. The number of aryl methyl sites for hydroxylation is 1. The number of carbonyl (C=O) groups excluding carboxylic acids is 1. The number of ether oxygens (including phenoxy) is 2. The van der Waals surface area contributed by atoms with Gasteiger partial charge in [-0.15, -0.1) is 0 Å². The van der Waals surface area contributed by atoms with Crippen LogP contribution < -0.4 is 0 Å². The smallest absolute Gasteiger partial charge is 0.339 e. The average molecular weight is 484 g/mol. The van der Waals surface area contributed by atoms with E-state index in [4.69, 9.17) is 9.47 Å². The van der Waals surface area contributed by atoms with E-state index in [-0.39, 0.29) is 12.6 Å². The minimum absolute atomic E-state index is 0.208. The number of methoxy groups -OCH3 is 1. The van der Waals surface area contributed by atoms with E-state index in [1.807, 2.05) is 0 Å². The van der Waals surface area contributed by atoms with Gasteiger partial charge in [-0.2, -0.15) is 0 Å². The molecule has 5 rings (SSSR count). The Balaban J connectivity index is 1.43. The number of rotatable bonds is 4. The molecule has 0 saturated carbocycles. The SMILES string of the molecule is CO[C@]1(COC(=O)c2cncc(Br)c2)C[C@@H]2c3cccc4c3c(cn4C)C[C@H]2N(C)C1. The molecule has 1 aliphatic carbocycles. The van der Waals surface area contributed by atoms with Crippen LogP contribution in [0, 0.1) is 0 Å². The third-order valence-corrected chi connectivity index (χ3v) is 7.39. The van der Waals surface area contributed by atoms with E-state index in [2.05, 4.69) is 68.9 Å². The Hall–Kier alpha value is -2.22. The average Bonchev–Trinajstić information content (AvgIpc) is 3.09. The van der Waals surface area contributed by atoms with Crippen molar-refractivity contribution in [3.05, 3.63) is 64.0 Å². The van der Waals surface area contributed by atoms with Crippen LogP contribution in [0.4, 0.5) is 0 Å². The molecule has 7 heteroatoms. The lowest BCUT2D eigenvalue weighted by Crippen LogP contribution is -2.58. The number of esters is 1. The molecule has 162 valence electrons. The Bertz CT molecular complexity index is 1160. The van der Waals surface area contributed by atoms with E-state index in [0.717, 1.165) is 17.3 Å². The number of likely N-dealkylation sites (N-methyl/N-ethyl adjacent to an activating group) is 1. The molecule has 1 aromatic carbocycles. The highest BCUT2D eigenvalue weighted by molar-refractivity contribution is 9.10. The van der Waals surface area contributed by atoms with Gasteiger partial charge in [0.05, 0.1) is 5.56 Å². The zero-order valence-corrected chi connectivity index (χ0v) is 19.6. The topological polar surface area (TPSA) is 56.6 Å². The first kappa shape index (κ1) is 20.7. The standard InChI is InChI=1S/C24H26BrN3O3/c1-27-12-16-8-21-19(18-5-4-6-20(27)22(16)18)9-24(30-3,13-28(21)2)14-31-23(29)15-7-17(25)11-26-10-15/h4-7,10-12,19,21H,8-9,13-14H2,1-3H3/t19-,21-,24-/m1/s1. The molecular formula is C24H26BrN3O3. The molecule has 1 fully saturated rings. The largest absolute Gasteiger partial charge is 0.459 e. The van der Waals surface area contributed by atoms with Gasteiger partial charge in [0.25, 0.3) is 0 Å². The van der Waals surface area contributed by atoms with Crippen molar-refractivity contribution in [1.82, 2.24) is 14.5 Å². The Labute approximate surface area is 190 Å². The minimum atomic E-state index is -0.556. The number of carbonyl (C=O) groups is 1. The molecule has 2 aliphatic rings. The van der Waals surface area contributed by atoms with Crippen molar-refractivity contribution in [3.8, 4) is 0 Å². The van der Waals surface area contributed by atoms with E-state index >= 15 is 0 Å². The Morgan fingerprint density at radius 1 is 1.32 bits per heavy atom. The third kappa shape index (κ3) is 3.49. The van der Waals surface area contributed by atoms with Crippen LogP contribution in [0.3, 0.4) is 0 Å². The van der Waals surface area contributed by atoms with Gasteiger partial charge in [-0.25, -0.2) is 4.79 Å². The maximum atomic E-state index is 12.6. The van der Waals surface area contributed by atoms with Gasteiger partial charge in [0.15, 0.2) is 0 Å². The molecule has 0 unspecified atom stereocenters. The van der Waals surface area contributed by atoms with Crippen LogP contribution in [0.1, 0.15) is 33.8 Å². The second-order valence-corrected chi connectivity index (χ2v) is 9.77. The summed E-state index contributed by atoms with van der Waals surface area (Å²) in [5.74, 6) is -0.0605. The lowest BCUT2D eigenvalue weighted by molar-refractivity contribution is -0.113. The van der Waals surface area contributed by atoms with Gasteiger partial charge in [0.2, 0.25) is 0 Å². The maximum Gasteiger partial charge on any atom is 0.339 e. The number of nitrogens with zero attached hydrogens (tertiary/aromatic N) is 3. The molecule has 0 radical (unpaired) electrons. The zero-order chi connectivity index (χ0) is 21.8. The van der Waals surface area contributed by atoms with Crippen LogP contribution in [-0.4, -0.2) is 59.4 Å². The number of halogens is 1. The second kappa shape index (κ2) is 7.73. The molecule has 3 atom stereocenters. The van der Waals surface area contributed by atoms with E-state index in [1.165, 1.54) is 28.2 Å². The Morgan fingerprint density at radius 3 is 2.94 bits per heavy atom. The number of pyridine rings is 1. The van der Waals surface area contributed by atoms with Crippen LogP contribution >= 0.6 is 15.9 Å². The van der Waals surface area contributed by atoms with Gasteiger partial charge < -0.3 is 14.0 Å². The predicted molar refractivity (Wildman–Crippen MR) is 122 cm³/mol. The number of benzene rings is 1. The quantitative estimate of drug-likeness (QED) is 0.526. The van der Waals surface area contributed by atoms with Gasteiger partial charge in [-0.3, -0.25) is 9.88 Å². The zero-order valence-electron chi connectivity index (χ0n) is 18.0. The van der Waals surface area contributed by atoms with E-state index < -0.39 is 5.60 Å². The minimum Gasteiger partial charge on any atom is -0.459 e. The highest BCUT2D eigenvalue weighted by Gasteiger charge is 2.47. The summed E-state index contributed by atoms with van der Waals surface area (Å²) in [6, 6.07) is 8.71. The van der Waals surface area contributed by atoms with E-state index in [9.17, 15) is 4.79 Å². The number of piperidine rings is 1. The fraction of sp³-hybridized carbons (Fsp3) is 0.417. The number of hydrogen-bond acceptors (Lipinski definition) is 5. The van der Waals surface area contributed by atoms with Crippen molar-refractivity contribution in [2.45, 2.75) is 30.4 Å². The Morgan fingerprint density at radius 2 is 2.16 bits per heavy atom. The first-order chi connectivity index (χ1) is 14.9. The molecule has 6 nitrogen and oxygen atoms in total. The summed E-state index contributed by atoms with van der Waals surface area (Å²) in [5.41, 5.74) is 3.94. The van der Waals surface area contributed by atoms with Gasteiger partial charge in [0.1, 0.15) is 12.2 Å². The summed E-state index contributed by atoms with van der Waals surface area (Å²) in [7, 11) is 5.99. The fourth-order valence-corrected chi connectivity index (χ4v) is 5.83. The molecule has 0 N–H and O–H groups in total. The van der Waals surface area contributed by atoms with Crippen LogP contribution in [0.25, 0.3) is 10.9 Å². The molecule has 3 heterocycles. The molecular weight excluding hydrogens is 458 g/mol. The third-order valence-electron chi connectivity index (χ3n) is 6.95. The van der Waals surface area contributed by atoms with E-state index in [0.29, 0.717) is 24.1 Å². The highest BCUT2D eigenvalue weighted by atomic mass is 79.9. The number of hydrogen-bond donors (Lipinski definition) is 0. The first-order valence-corrected chi connectivity index (χ1v) is 11.3. The summed E-state index contributed by atoms with van der Waals surface area (Å²) >= 11 is 3.35. The molecule has 0 amide bonds. The number of likely N-dealkylation sites (tertiary alicyclic amines) is 1. The number of aromatic nitrogens is 2. The highest BCUT2D eigenvalue weighted by Crippen LogP contribution is 2.46. The van der Waals surface area contributed by atoms with Crippen molar-refractivity contribution < 1.29 is 14.3 Å². The van der Waals surface area contributed by atoms with Crippen LogP contribution in [0.2, 0.25) is 0 Å². The van der Waals surface area contributed by atoms with Gasteiger partial charge in [0, 0.05) is 66.6 Å². The lowest BCUT2D eigenvalue weighted by Gasteiger charge is -2.50. The molecule has 3 aromatic rings. The van der Waals surface area contributed by atoms with Crippen molar-refractivity contribution in [2.24, 2.45) is 7.05 Å². The lowest BCUT2D eigenvalue weighted by atomic mass is 9.71. The molecule has 1 saturated heterocycles. The summed E-state index contributed by atoms with van der Waals surface area (Å²) in [5, 5.41) is 1.38. The molecule has 31 heavy (non-hydrogen) atoms. The predicted octanol–water partition coefficient (Wildman–Crippen LogP) is 3.92. The van der Waals surface area contributed by atoms with Gasteiger partial charge >= 0.3 is 5.97 Å². The fourth-order valence-electron chi connectivity index (χ4n) is 5.47. The maximum absolute atomic E-state index is 12.6. The monoisotopic (exact) mass is 483 g/mol. The van der Waals surface area contributed by atoms with Crippen LogP contribution in [0.5, 0.6) is 0 Å². The van der Waals surface area contributed by atoms with Gasteiger partial charge in [-0.05, 0) is 59.1 Å². The van der Waals surface area contributed by atoms with E-state index in [1.54, 1.807) is 19.4 Å². The summed E-state index contributed by atoms with van der Waals surface area (Å²) in [4.78, 5) is 19.1. The van der Waals surface area contributed by atoms with Crippen LogP contribution in [0.15, 0.2) is 47.3 Å². The van der Waals surface area contributed by atoms with Crippen molar-refractivity contribution in [2.75, 3.05) is 27.3 Å².